The van der Waals surface area contributed by atoms with Gasteiger partial charge < -0.3 is 4.90 Å². The first-order valence-corrected chi connectivity index (χ1v) is 7.18. The lowest BCUT2D eigenvalue weighted by Crippen LogP contribution is -2.44. The van der Waals surface area contributed by atoms with Crippen molar-refractivity contribution < 1.29 is 4.79 Å². The second-order valence-corrected chi connectivity index (χ2v) is 5.65. The van der Waals surface area contributed by atoms with Gasteiger partial charge in [-0.3, -0.25) is 4.79 Å². The highest BCUT2D eigenvalue weighted by molar-refractivity contribution is 5.88. The Labute approximate surface area is 109 Å². The van der Waals surface area contributed by atoms with Crippen LogP contribution in [0, 0.1) is 0 Å². The molecule has 1 aromatic carbocycles. The number of carbonyl (C=O) groups is 1. The van der Waals surface area contributed by atoms with Gasteiger partial charge in [-0.2, -0.15) is 0 Å². The highest BCUT2D eigenvalue weighted by Gasteiger charge is 2.45. The molecule has 2 fully saturated rings. The monoisotopic (exact) mass is 243 g/mol. The maximum Gasteiger partial charge on any atom is 0.233 e. The van der Waals surface area contributed by atoms with Crippen LogP contribution in [-0.2, 0) is 10.2 Å². The van der Waals surface area contributed by atoms with Gasteiger partial charge in [0, 0.05) is 13.1 Å². The van der Waals surface area contributed by atoms with Crippen LogP contribution in [0.5, 0.6) is 0 Å². The van der Waals surface area contributed by atoms with E-state index in [-0.39, 0.29) is 5.41 Å². The summed E-state index contributed by atoms with van der Waals surface area (Å²) in [5, 5.41) is 0. The maximum absolute atomic E-state index is 12.9. The van der Waals surface area contributed by atoms with Crippen LogP contribution in [0.15, 0.2) is 30.3 Å². The van der Waals surface area contributed by atoms with E-state index >= 15 is 0 Å². The average molecular weight is 243 g/mol. The van der Waals surface area contributed by atoms with Crippen LogP contribution in [-0.4, -0.2) is 23.9 Å². The Balaban J connectivity index is 1.94. The third-order valence-corrected chi connectivity index (χ3v) is 4.59. The molecule has 1 saturated carbocycles. The Hall–Kier alpha value is -1.31. The highest BCUT2D eigenvalue weighted by atomic mass is 16.2. The highest BCUT2D eigenvalue weighted by Crippen LogP contribution is 2.43. The summed E-state index contributed by atoms with van der Waals surface area (Å²) in [6, 6.07) is 10.4. The second kappa shape index (κ2) is 4.75. The van der Waals surface area contributed by atoms with Gasteiger partial charge in [0.2, 0.25) is 5.91 Å². The fourth-order valence-corrected chi connectivity index (χ4v) is 3.58. The van der Waals surface area contributed by atoms with Gasteiger partial charge in [0.15, 0.2) is 0 Å². The molecule has 0 radical (unpaired) electrons. The number of amides is 1. The Morgan fingerprint density at radius 3 is 2.17 bits per heavy atom. The van der Waals surface area contributed by atoms with Gasteiger partial charge >= 0.3 is 0 Å². The summed E-state index contributed by atoms with van der Waals surface area (Å²) < 4.78 is 0. The SMILES string of the molecule is O=C(N1CCCC1)C1(c2ccccc2)CCCC1. The summed E-state index contributed by atoms with van der Waals surface area (Å²) in [6.45, 7) is 1.93. The summed E-state index contributed by atoms with van der Waals surface area (Å²) in [5.41, 5.74) is 1.03. The molecule has 2 heteroatoms. The molecule has 1 heterocycles. The predicted molar refractivity (Wildman–Crippen MR) is 72.4 cm³/mol. The Morgan fingerprint density at radius 2 is 1.56 bits per heavy atom. The fourth-order valence-electron chi connectivity index (χ4n) is 3.58. The summed E-state index contributed by atoms with van der Waals surface area (Å²) >= 11 is 0. The quantitative estimate of drug-likeness (QED) is 0.781. The zero-order valence-electron chi connectivity index (χ0n) is 10.9. The van der Waals surface area contributed by atoms with Gasteiger partial charge in [-0.15, -0.1) is 0 Å². The topological polar surface area (TPSA) is 20.3 Å². The number of benzene rings is 1. The van der Waals surface area contributed by atoms with Crippen molar-refractivity contribution in [1.82, 2.24) is 4.90 Å². The van der Waals surface area contributed by atoms with E-state index in [0.29, 0.717) is 5.91 Å². The summed E-state index contributed by atoms with van der Waals surface area (Å²) in [4.78, 5) is 15.0. The Bertz CT molecular complexity index is 414. The van der Waals surface area contributed by atoms with Crippen LogP contribution in [0.3, 0.4) is 0 Å². The molecule has 18 heavy (non-hydrogen) atoms. The fraction of sp³-hybridized carbons (Fsp3) is 0.562. The van der Waals surface area contributed by atoms with E-state index in [0.717, 1.165) is 25.9 Å². The molecule has 0 aromatic heterocycles. The second-order valence-electron chi connectivity index (χ2n) is 5.65. The predicted octanol–water partition coefficient (Wildman–Crippen LogP) is 3.12. The van der Waals surface area contributed by atoms with Gasteiger partial charge in [0.05, 0.1) is 5.41 Å². The van der Waals surface area contributed by atoms with Gasteiger partial charge in [0.25, 0.3) is 0 Å². The zero-order chi connectivity index (χ0) is 12.4. The third-order valence-electron chi connectivity index (χ3n) is 4.59. The van der Waals surface area contributed by atoms with Crippen LogP contribution in [0.25, 0.3) is 0 Å². The van der Waals surface area contributed by atoms with E-state index in [2.05, 4.69) is 29.2 Å². The van der Waals surface area contributed by atoms with Crippen LogP contribution in [0.1, 0.15) is 44.1 Å². The molecular weight excluding hydrogens is 222 g/mol. The molecule has 1 aliphatic carbocycles. The molecule has 3 rings (SSSR count). The van der Waals surface area contributed by atoms with Crippen LogP contribution >= 0.6 is 0 Å². The summed E-state index contributed by atoms with van der Waals surface area (Å²) in [6.07, 6.45) is 6.80. The van der Waals surface area contributed by atoms with Gasteiger partial charge in [-0.25, -0.2) is 0 Å². The van der Waals surface area contributed by atoms with Crippen molar-refractivity contribution in [3.63, 3.8) is 0 Å². The van der Waals surface area contributed by atoms with Gasteiger partial charge in [0.1, 0.15) is 0 Å². The first-order chi connectivity index (χ1) is 8.83. The minimum absolute atomic E-state index is 0.203. The molecule has 1 amide bonds. The number of hydrogen-bond donors (Lipinski definition) is 0. The van der Waals surface area contributed by atoms with Crippen molar-refractivity contribution in [2.75, 3.05) is 13.1 Å². The zero-order valence-corrected chi connectivity index (χ0v) is 10.9. The molecule has 0 bridgehead atoms. The third kappa shape index (κ3) is 1.84. The van der Waals surface area contributed by atoms with E-state index in [1.165, 1.54) is 31.2 Å². The molecule has 0 N–H and O–H groups in total. The number of hydrogen-bond acceptors (Lipinski definition) is 1. The lowest BCUT2D eigenvalue weighted by atomic mass is 9.77. The van der Waals surface area contributed by atoms with E-state index in [9.17, 15) is 4.79 Å². The molecule has 0 unspecified atom stereocenters. The van der Waals surface area contributed by atoms with Crippen molar-refractivity contribution in [3.05, 3.63) is 35.9 Å². The number of nitrogens with zero attached hydrogens (tertiary/aromatic N) is 1. The number of likely N-dealkylation sites (tertiary alicyclic amines) is 1. The minimum atomic E-state index is -0.203. The molecule has 2 nitrogen and oxygen atoms in total. The molecule has 2 aliphatic rings. The Morgan fingerprint density at radius 1 is 0.944 bits per heavy atom. The average Bonchev–Trinajstić information content (AvgIpc) is 3.11. The molecule has 96 valence electrons. The summed E-state index contributed by atoms with van der Waals surface area (Å²) in [7, 11) is 0. The molecule has 1 aromatic rings. The lowest BCUT2D eigenvalue weighted by Gasteiger charge is -2.32. The van der Waals surface area contributed by atoms with Crippen LogP contribution < -0.4 is 0 Å². The first kappa shape index (κ1) is 11.8. The van der Waals surface area contributed by atoms with Crippen LogP contribution in [0.4, 0.5) is 0 Å². The molecule has 0 spiro atoms. The lowest BCUT2D eigenvalue weighted by molar-refractivity contribution is -0.136. The van der Waals surface area contributed by atoms with Crippen molar-refractivity contribution in [3.8, 4) is 0 Å². The first-order valence-electron chi connectivity index (χ1n) is 7.18. The van der Waals surface area contributed by atoms with Crippen molar-refractivity contribution in [1.29, 1.82) is 0 Å². The van der Waals surface area contributed by atoms with Gasteiger partial charge in [-0.05, 0) is 31.2 Å². The molecule has 1 aliphatic heterocycles. The smallest absolute Gasteiger partial charge is 0.233 e. The standard InChI is InChI=1S/C16H21NO/c18-15(17-12-6-7-13-17)16(10-4-5-11-16)14-8-2-1-3-9-14/h1-3,8-9H,4-7,10-13H2. The van der Waals surface area contributed by atoms with E-state index in [4.69, 9.17) is 0 Å². The van der Waals surface area contributed by atoms with Crippen molar-refractivity contribution in [2.45, 2.75) is 43.9 Å². The molecular formula is C16H21NO. The molecule has 0 atom stereocenters. The summed E-state index contributed by atoms with van der Waals surface area (Å²) in [5.74, 6) is 0.392. The van der Waals surface area contributed by atoms with E-state index in [1.54, 1.807) is 0 Å². The number of carbonyl (C=O) groups excluding carboxylic acids is 1. The Kier molecular flexibility index (Phi) is 3.11. The van der Waals surface area contributed by atoms with Gasteiger partial charge in [-0.1, -0.05) is 43.2 Å². The van der Waals surface area contributed by atoms with Crippen molar-refractivity contribution >= 4 is 5.91 Å². The van der Waals surface area contributed by atoms with E-state index < -0.39 is 0 Å². The maximum atomic E-state index is 12.9. The normalized spacial score (nSPS) is 22.3. The van der Waals surface area contributed by atoms with Crippen LogP contribution in [0.2, 0.25) is 0 Å². The number of rotatable bonds is 2. The van der Waals surface area contributed by atoms with Crippen molar-refractivity contribution in [2.24, 2.45) is 0 Å². The van der Waals surface area contributed by atoms with E-state index in [1.807, 2.05) is 6.07 Å². The molecule has 1 saturated heterocycles. The minimum Gasteiger partial charge on any atom is -0.342 e. The largest absolute Gasteiger partial charge is 0.342 e.